The Kier molecular flexibility index (Phi) is 5.91. The van der Waals surface area contributed by atoms with Gasteiger partial charge in [0.05, 0.1) is 12.2 Å². The second kappa shape index (κ2) is 8.55. The van der Waals surface area contributed by atoms with Gasteiger partial charge < -0.3 is 16.4 Å². The molecule has 0 unspecified atom stereocenters. The van der Waals surface area contributed by atoms with Crippen molar-refractivity contribution in [3.05, 3.63) is 66.0 Å². The highest BCUT2D eigenvalue weighted by molar-refractivity contribution is 5.78. The molecule has 0 saturated heterocycles. The molecule has 2 aromatic heterocycles. The van der Waals surface area contributed by atoms with Crippen LogP contribution in [0.4, 0.5) is 24.9 Å². The third-order valence-electron chi connectivity index (χ3n) is 3.89. The zero-order valence-electron chi connectivity index (χ0n) is 15.1. The lowest BCUT2D eigenvalue weighted by atomic mass is 10.1. The van der Waals surface area contributed by atoms with Crippen molar-refractivity contribution in [2.45, 2.75) is 12.7 Å². The lowest BCUT2D eigenvalue weighted by Gasteiger charge is -2.14. The van der Waals surface area contributed by atoms with E-state index in [4.69, 9.17) is 5.73 Å². The fourth-order valence-corrected chi connectivity index (χ4v) is 2.49. The summed E-state index contributed by atoms with van der Waals surface area (Å²) >= 11 is 0. The molecule has 3 rings (SSSR count). The van der Waals surface area contributed by atoms with E-state index in [0.29, 0.717) is 12.7 Å². The van der Waals surface area contributed by atoms with Crippen LogP contribution in [0.5, 0.6) is 0 Å². The van der Waals surface area contributed by atoms with Gasteiger partial charge in [0.1, 0.15) is 11.4 Å². The molecule has 0 atom stereocenters. The zero-order chi connectivity index (χ0) is 20.9. The van der Waals surface area contributed by atoms with Gasteiger partial charge in [-0.2, -0.15) is 18.2 Å². The molecule has 29 heavy (non-hydrogen) atoms. The molecule has 0 aliphatic heterocycles. The number of halogens is 3. The lowest BCUT2D eigenvalue weighted by Crippen LogP contribution is -2.24. The van der Waals surface area contributed by atoms with Crippen LogP contribution in [-0.4, -0.2) is 27.4 Å². The number of nitrogens with zero attached hydrogens (tertiary/aromatic N) is 3. The summed E-state index contributed by atoms with van der Waals surface area (Å²) in [6.07, 6.45) is -2.31. The molecule has 0 aliphatic carbocycles. The van der Waals surface area contributed by atoms with E-state index < -0.39 is 30.0 Å². The van der Waals surface area contributed by atoms with Crippen LogP contribution in [0.3, 0.4) is 0 Å². The van der Waals surface area contributed by atoms with Crippen LogP contribution in [0.25, 0.3) is 11.3 Å². The van der Waals surface area contributed by atoms with Crippen LogP contribution in [0.15, 0.2) is 54.9 Å². The minimum atomic E-state index is -4.67. The molecular formula is C19H17F3N6O. The summed E-state index contributed by atoms with van der Waals surface area (Å²) in [5, 5.41) is 5.16. The number of anilines is 2. The molecule has 0 fully saturated rings. The Labute approximate surface area is 164 Å². The van der Waals surface area contributed by atoms with Gasteiger partial charge in [-0.1, -0.05) is 30.3 Å². The second-order valence-electron chi connectivity index (χ2n) is 6.04. The largest absolute Gasteiger partial charge is 0.421 e. The van der Waals surface area contributed by atoms with Crippen LogP contribution in [0.1, 0.15) is 11.1 Å². The summed E-state index contributed by atoms with van der Waals surface area (Å²) in [7, 11) is 0. The number of carbonyl (C=O) groups is 1. The van der Waals surface area contributed by atoms with Crippen LogP contribution in [0.2, 0.25) is 0 Å². The fraction of sp³-hybridized carbons (Fsp3) is 0.158. The summed E-state index contributed by atoms with van der Waals surface area (Å²) in [5.74, 6) is -1.34. The highest BCUT2D eigenvalue weighted by atomic mass is 19.4. The molecular weight excluding hydrogens is 385 g/mol. The molecule has 0 saturated carbocycles. The number of hydrogen-bond donors (Lipinski definition) is 3. The van der Waals surface area contributed by atoms with Crippen molar-refractivity contribution >= 4 is 17.7 Å². The SMILES string of the molecule is NC(=O)CNc1nc(NCc2ccc(-c3ccccn3)cc2)ncc1C(F)(F)F. The van der Waals surface area contributed by atoms with Gasteiger partial charge in [-0.15, -0.1) is 0 Å². The molecule has 0 radical (unpaired) electrons. The van der Waals surface area contributed by atoms with E-state index in [1.165, 1.54) is 0 Å². The first kappa shape index (κ1) is 20.1. The minimum Gasteiger partial charge on any atom is -0.368 e. The van der Waals surface area contributed by atoms with Gasteiger partial charge in [-0.05, 0) is 17.7 Å². The van der Waals surface area contributed by atoms with Crippen molar-refractivity contribution in [1.82, 2.24) is 15.0 Å². The average molecular weight is 402 g/mol. The highest BCUT2D eigenvalue weighted by Crippen LogP contribution is 2.33. The summed E-state index contributed by atoms with van der Waals surface area (Å²) in [5.41, 5.74) is 6.55. The fourth-order valence-electron chi connectivity index (χ4n) is 2.49. The van der Waals surface area contributed by atoms with Gasteiger partial charge in [0.2, 0.25) is 11.9 Å². The molecule has 0 aliphatic rings. The summed E-state index contributed by atoms with van der Waals surface area (Å²) in [6.45, 7) is -0.183. The molecule has 0 bridgehead atoms. The number of nitrogens with two attached hydrogens (primary N) is 1. The minimum absolute atomic E-state index is 0.0150. The van der Waals surface area contributed by atoms with E-state index >= 15 is 0 Å². The molecule has 7 nitrogen and oxygen atoms in total. The predicted molar refractivity (Wildman–Crippen MR) is 102 cm³/mol. The standard InChI is InChI=1S/C19H17F3N6O/c20-19(21,22)14-10-27-18(28-17(14)25-11-16(23)29)26-9-12-4-6-13(7-5-12)15-3-1-2-8-24-15/h1-8,10H,9,11H2,(H2,23,29)(H2,25,26,27,28). The number of pyridine rings is 1. The third kappa shape index (κ3) is 5.41. The van der Waals surface area contributed by atoms with E-state index in [1.807, 2.05) is 42.5 Å². The van der Waals surface area contributed by atoms with Gasteiger partial charge >= 0.3 is 6.18 Å². The molecule has 2 heterocycles. The Bertz CT molecular complexity index is 977. The highest BCUT2D eigenvalue weighted by Gasteiger charge is 2.35. The average Bonchev–Trinajstić information content (AvgIpc) is 2.71. The Morgan fingerprint density at radius 1 is 1.03 bits per heavy atom. The van der Waals surface area contributed by atoms with E-state index in [0.717, 1.165) is 16.8 Å². The molecule has 1 aromatic carbocycles. The number of aromatic nitrogens is 3. The van der Waals surface area contributed by atoms with Crippen LogP contribution in [0, 0.1) is 0 Å². The van der Waals surface area contributed by atoms with Crippen LogP contribution >= 0.6 is 0 Å². The Balaban J connectivity index is 1.71. The van der Waals surface area contributed by atoms with E-state index in [9.17, 15) is 18.0 Å². The smallest absolute Gasteiger partial charge is 0.368 e. The monoisotopic (exact) mass is 402 g/mol. The molecule has 3 aromatic rings. The first-order valence-corrected chi connectivity index (χ1v) is 8.53. The normalized spacial score (nSPS) is 11.1. The van der Waals surface area contributed by atoms with Gasteiger partial charge in [-0.25, -0.2) is 4.98 Å². The maximum atomic E-state index is 13.1. The number of nitrogens with one attached hydrogen (secondary N) is 2. The summed E-state index contributed by atoms with van der Waals surface area (Å²) < 4.78 is 39.2. The van der Waals surface area contributed by atoms with Crippen LogP contribution < -0.4 is 16.4 Å². The van der Waals surface area contributed by atoms with Gasteiger partial charge in [-0.3, -0.25) is 9.78 Å². The van der Waals surface area contributed by atoms with Gasteiger partial charge in [0.15, 0.2) is 0 Å². The van der Waals surface area contributed by atoms with Crippen molar-refractivity contribution in [1.29, 1.82) is 0 Å². The molecule has 10 heteroatoms. The van der Waals surface area contributed by atoms with E-state index in [1.54, 1.807) is 6.20 Å². The first-order chi connectivity index (χ1) is 13.8. The zero-order valence-corrected chi connectivity index (χ0v) is 15.1. The molecule has 4 N–H and O–H groups in total. The Morgan fingerprint density at radius 3 is 2.41 bits per heavy atom. The quantitative estimate of drug-likeness (QED) is 0.561. The first-order valence-electron chi connectivity index (χ1n) is 8.53. The maximum Gasteiger partial charge on any atom is 0.421 e. The summed E-state index contributed by atoms with van der Waals surface area (Å²) in [4.78, 5) is 22.7. The van der Waals surface area contributed by atoms with Crippen molar-refractivity contribution in [3.8, 4) is 11.3 Å². The topological polar surface area (TPSA) is 106 Å². The number of alkyl halides is 3. The van der Waals surface area contributed by atoms with Gasteiger partial charge in [0, 0.05) is 24.5 Å². The molecule has 0 spiro atoms. The van der Waals surface area contributed by atoms with Crippen LogP contribution in [-0.2, 0) is 17.5 Å². The lowest BCUT2D eigenvalue weighted by molar-refractivity contribution is -0.137. The number of primary amides is 1. The van der Waals surface area contributed by atoms with Gasteiger partial charge in [0.25, 0.3) is 0 Å². The second-order valence-corrected chi connectivity index (χ2v) is 6.04. The van der Waals surface area contributed by atoms with Crippen molar-refractivity contribution < 1.29 is 18.0 Å². The van der Waals surface area contributed by atoms with E-state index in [2.05, 4.69) is 25.6 Å². The number of carbonyl (C=O) groups excluding carboxylic acids is 1. The number of benzene rings is 1. The Hall–Kier alpha value is -3.69. The van der Waals surface area contributed by atoms with Crippen molar-refractivity contribution in [3.63, 3.8) is 0 Å². The number of amides is 1. The molecule has 150 valence electrons. The number of rotatable bonds is 7. The number of hydrogen-bond acceptors (Lipinski definition) is 6. The Morgan fingerprint density at radius 2 is 1.79 bits per heavy atom. The molecule has 1 amide bonds. The van der Waals surface area contributed by atoms with Crippen molar-refractivity contribution in [2.24, 2.45) is 5.73 Å². The maximum absolute atomic E-state index is 13.1. The third-order valence-corrected chi connectivity index (χ3v) is 3.89. The summed E-state index contributed by atoms with van der Waals surface area (Å²) in [6, 6.07) is 13.1. The van der Waals surface area contributed by atoms with E-state index in [-0.39, 0.29) is 5.95 Å². The predicted octanol–water partition coefficient (Wildman–Crippen LogP) is 3.07. The van der Waals surface area contributed by atoms with Crippen molar-refractivity contribution in [2.75, 3.05) is 17.2 Å².